The third-order valence-corrected chi connectivity index (χ3v) is 12.2. The molecule has 10 nitrogen and oxygen atoms in total. The fourth-order valence-electron chi connectivity index (χ4n) is 9.65. The Morgan fingerprint density at radius 1 is 0.956 bits per heavy atom. The average Bonchev–Trinajstić information content (AvgIpc) is 3.06. The van der Waals surface area contributed by atoms with Gasteiger partial charge in [-0.25, -0.2) is 4.39 Å². The molecule has 4 aliphatic heterocycles. The van der Waals surface area contributed by atoms with Crippen molar-refractivity contribution < 1.29 is 23.5 Å². The quantitative estimate of drug-likeness (QED) is 0.289. The molecule has 0 spiro atoms. The van der Waals surface area contributed by atoms with Gasteiger partial charge in [0.25, 0.3) is 5.91 Å². The number of carbonyl (C=O) groups is 2. The van der Waals surface area contributed by atoms with Crippen LogP contribution in [0.2, 0.25) is 0 Å². The lowest BCUT2D eigenvalue weighted by Gasteiger charge is -2.61. The highest BCUT2D eigenvalue weighted by Gasteiger charge is 2.60. The predicted molar refractivity (Wildman–Crippen MR) is 169 cm³/mol. The van der Waals surface area contributed by atoms with Crippen LogP contribution < -0.4 is 10.6 Å². The maximum Gasteiger partial charge on any atom is 0.256 e. The molecule has 2 N–H and O–H groups in total. The number of carbonyl (C=O) groups excluding carboxylic acids is 2. The number of piperazine rings is 1. The topological polar surface area (TPSA) is 89.6 Å². The van der Waals surface area contributed by atoms with Gasteiger partial charge in [0, 0.05) is 71.0 Å². The summed E-state index contributed by atoms with van der Waals surface area (Å²) < 4.78 is 28.7. The first kappa shape index (κ1) is 31.9. The lowest BCUT2D eigenvalue weighted by atomic mass is 9.64. The molecular formula is C34H55FN6O4. The summed E-state index contributed by atoms with van der Waals surface area (Å²) in [6.45, 7) is 10.5. The number of nitrogens with zero attached hydrogens (tertiary/aromatic N) is 4. The van der Waals surface area contributed by atoms with Crippen LogP contribution in [0.1, 0.15) is 51.4 Å². The molecule has 7 aliphatic rings. The van der Waals surface area contributed by atoms with Crippen LogP contribution in [0.25, 0.3) is 0 Å². The minimum absolute atomic E-state index is 0.0112. The number of ether oxygens (including phenoxy) is 2. The smallest absolute Gasteiger partial charge is 0.256 e. The van der Waals surface area contributed by atoms with Gasteiger partial charge in [-0.15, -0.1) is 0 Å². The van der Waals surface area contributed by atoms with Crippen LogP contribution in [0, 0.1) is 17.8 Å². The van der Waals surface area contributed by atoms with Crippen molar-refractivity contribution in [1.82, 2.24) is 30.2 Å². The van der Waals surface area contributed by atoms with Gasteiger partial charge in [-0.1, -0.05) is 19.3 Å². The molecule has 3 aliphatic carbocycles. The first-order chi connectivity index (χ1) is 22.0. The van der Waals surface area contributed by atoms with Crippen molar-refractivity contribution in [2.45, 2.75) is 87.9 Å². The summed E-state index contributed by atoms with van der Waals surface area (Å²) >= 11 is 0. The molecule has 0 aromatic rings. The molecule has 3 saturated carbocycles. The molecule has 3 saturated heterocycles. The predicted octanol–water partition coefficient (Wildman–Crippen LogP) is 1.26. The van der Waals surface area contributed by atoms with Crippen molar-refractivity contribution in [3.05, 3.63) is 11.8 Å². The fourth-order valence-corrected chi connectivity index (χ4v) is 9.65. The number of hydrogen-bond donors (Lipinski definition) is 2. The molecule has 1 amide bonds. The Bertz CT molecular complexity index is 1080. The summed E-state index contributed by atoms with van der Waals surface area (Å²) in [6, 6.07) is -0.571. The van der Waals surface area contributed by atoms with E-state index in [2.05, 4.69) is 37.3 Å². The van der Waals surface area contributed by atoms with Gasteiger partial charge in [0.1, 0.15) is 6.17 Å². The van der Waals surface area contributed by atoms with Crippen LogP contribution in [0.4, 0.5) is 4.39 Å². The van der Waals surface area contributed by atoms with Crippen molar-refractivity contribution in [1.29, 1.82) is 0 Å². The maximum absolute atomic E-state index is 16.2. The van der Waals surface area contributed by atoms with Gasteiger partial charge in [0.05, 0.1) is 49.1 Å². The summed E-state index contributed by atoms with van der Waals surface area (Å²) in [5, 5.41) is 6.61. The highest BCUT2D eigenvalue weighted by Crippen LogP contribution is 2.50. The van der Waals surface area contributed by atoms with E-state index in [1.807, 2.05) is 6.20 Å². The van der Waals surface area contributed by atoms with E-state index in [1.165, 1.54) is 19.3 Å². The molecule has 0 bridgehead atoms. The summed E-state index contributed by atoms with van der Waals surface area (Å²) in [6.07, 6.45) is 8.30. The van der Waals surface area contributed by atoms with Crippen LogP contribution in [0.15, 0.2) is 11.8 Å². The molecule has 9 atom stereocenters. The summed E-state index contributed by atoms with van der Waals surface area (Å²) in [7, 11) is 2.15. The summed E-state index contributed by atoms with van der Waals surface area (Å²) in [4.78, 5) is 37.0. The number of fused-ring (bicyclic) bond motifs is 4. The molecule has 7 rings (SSSR count). The zero-order chi connectivity index (χ0) is 30.9. The molecule has 0 aromatic heterocycles. The highest BCUT2D eigenvalue weighted by atomic mass is 19.1. The third-order valence-electron chi connectivity index (χ3n) is 12.2. The van der Waals surface area contributed by atoms with Crippen LogP contribution in [-0.2, 0) is 19.1 Å². The van der Waals surface area contributed by atoms with E-state index in [-0.39, 0.29) is 41.9 Å². The Morgan fingerprint density at radius 2 is 1.73 bits per heavy atom. The number of likely N-dealkylation sites (N-methyl/N-ethyl adjacent to an activating group) is 1. The normalized spacial score (nSPS) is 39.4. The van der Waals surface area contributed by atoms with Gasteiger partial charge in [0.15, 0.2) is 5.78 Å². The molecule has 9 unspecified atom stereocenters. The molecule has 252 valence electrons. The number of hydrogen-bond acceptors (Lipinski definition) is 9. The second-order valence-corrected chi connectivity index (χ2v) is 14.8. The van der Waals surface area contributed by atoms with Crippen LogP contribution in [-0.4, -0.2) is 154 Å². The maximum atomic E-state index is 16.2. The van der Waals surface area contributed by atoms with Crippen molar-refractivity contribution >= 4 is 11.7 Å². The minimum Gasteiger partial charge on any atom is -0.379 e. The van der Waals surface area contributed by atoms with Gasteiger partial charge < -0.3 is 34.8 Å². The van der Waals surface area contributed by atoms with E-state index >= 15 is 4.39 Å². The van der Waals surface area contributed by atoms with E-state index in [1.54, 1.807) is 0 Å². The van der Waals surface area contributed by atoms with Crippen LogP contribution >= 0.6 is 0 Å². The van der Waals surface area contributed by atoms with Gasteiger partial charge in [0.2, 0.25) is 0 Å². The molecule has 4 heterocycles. The van der Waals surface area contributed by atoms with Crippen molar-refractivity contribution in [3.8, 4) is 0 Å². The zero-order valence-electron chi connectivity index (χ0n) is 27.2. The van der Waals surface area contributed by atoms with Gasteiger partial charge in [-0.05, 0) is 57.5 Å². The van der Waals surface area contributed by atoms with Gasteiger partial charge in [-0.2, -0.15) is 0 Å². The largest absolute Gasteiger partial charge is 0.379 e. The Kier molecular flexibility index (Phi) is 10.1. The number of amides is 1. The third kappa shape index (κ3) is 6.72. The standard InChI is InChI=1S/C34H55FN6O4/c1-38-13-15-39(16-14-38)11-4-9-37-34(43)26-22-41-28-8-7-23-5-2-3-6-24(23)32(28)45-33-29(27(35)21-25(30(33)41)31(26)42)36-10-12-40-17-19-44-20-18-40/h22-25,27-30,32-33,36H,2-21H2,1H3,(H,37,43). The monoisotopic (exact) mass is 630 g/mol. The number of nitrogens with one attached hydrogen (secondary N) is 2. The number of halogens is 1. The zero-order valence-corrected chi connectivity index (χ0v) is 27.2. The van der Waals surface area contributed by atoms with E-state index in [9.17, 15) is 9.59 Å². The Balaban J connectivity index is 1.07. The summed E-state index contributed by atoms with van der Waals surface area (Å²) in [5.74, 6) is 0.0417. The van der Waals surface area contributed by atoms with Crippen molar-refractivity contribution in [2.75, 3.05) is 85.7 Å². The van der Waals surface area contributed by atoms with Crippen LogP contribution in [0.5, 0.6) is 0 Å². The number of morpholine rings is 2. The van der Waals surface area contributed by atoms with Gasteiger partial charge >= 0.3 is 0 Å². The van der Waals surface area contributed by atoms with E-state index in [4.69, 9.17) is 9.47 Å². The number of rotatable bonds is 9. The second kappa shape index (κ2) is 14.2. The van der Waals surface area contributed by atoms with E-state index in [0.717, 1.165) is 91.3 Å². The average molecular weight is 631 g/mol. The molecule has 6 fully saturated rings. The molecule has 0 aromatic carbocycles. The van der Waals surface area contributed by atoms with Gasteiger partial charge in [-0.3, -0.25) is 14.5 Å². The highest BCUT2D eigenvalue weighted by molar-refractivity contribution is 6.20. The molecule has 0 radical (unpaired) electrons. The van der Waals surface area contributed by atoms with Crippen molar-refractivity contribution in [3.63, 3.8) is 0 Å². The molecule has 45 heavy (non-hydrogen) atoms. The lowest BCUT2D eigenvalue weighted by Crippen LogP contribution is -2.74. The minimum atomic E-state index is -1.21. The first-order valence-electron chi connectivity index (χ1n) is 18.0. The Morgan fingerprint density at radius 3 is 2.56 bits per heavy atom. The lowest BCUT2D eigenvalue weighted by molar-refractivity contribution is -0.220. The van der Waals surface area contributed by atoms with E-state index in [0.29, 0.717) is 24.9 Å². The second-order valence-electron chi connectivity index (χ2n) is 14.8. The first-order valence-corrected chi connectivity index (χ1v) is 18.0. The molecular weight excluding hydrogens is 575 g/mol. The Labute approximate surface area is 268 Å². The molecule has 11 heteroatoms. The number of Topliss-reactive ketones (excluding diaryl/α,β-unsaturated/α-hetero) is 1. The SMILES string of the molecule is CN1CCN(CCCNC(=O)C2=CN3C4CCC5CCCCC5C4OC4C(NCCN5CCOCC5)C(F)CC(C2=O)C43)CC1. The summed E-state index contributed by atoms with van der Waals surface area (Å²) in [5.41, 5.74) is 0.215. The van der Waals surface area contributed by atoms with E-state index < -0.39 is 24.2 Å². The number of alkyl halides is 1. The fraction of sp³-hybridized carbons (Fsp3) is 0.882. The number of ketones is 1. The van der Waals surface area contributed by atoms with Crippen molar-refractivity contribution in [2.24, 2.45) is 17.8 Å². The Hall–Kier alpha value is -1.63. The van der Waals surface area contributed by atoms with Crippen LogP contribution in [0.3, 0.4) is 0 Å².